The fraction of sp³-hybridized carbons (Fsp3) is 0.679. The van der Waals surface area contributed by atoms with Crippen molar-refractivity contribution in [3.8, 4) is 0 Å². The van der Waals surface area contributed by atoms with Gasteiger partial charge < -0.3 is 19.5 Å². The second-order valence-corrected chi connectivity index (χ2v) is 11.6. The average molecular weight is 452 g/mol. The number of carbonyl (C=O) groups is 1. The number of carbonyl (C=O) groups excluding carboxylic acids is 1. The van der Waals surface area contributed by atoms with Crippen LogP contribution in [0, 0.1) is 17.3 Å². The van der Waals surface area contributed by atoms with Crippen LogP contribution in [-0.2, 0) is 14.3 Å². The highest BCUT2D eigenvalue weighted by Gasteiger charge is 2.60. The summed E-state index contributed by atoms with van der Waals surface area (Å²) in [5, 5.41) is 12.0. The Labute approximate surface area is 197 Å². The highest BCUT2D eigenvalue weighted by molar-refractivity contribution is 5.87. The van der Waals surface area contributed by atoms with Gasteiger partial charge in [0.15, 0.2) is 5.79 Å². The van der Waals surface area contributed by atoms with Crippen LogP contribution in [0.3, 0.4) is 0 Å². The normalized spacial score (nSPS) is 39.4. The van der Waals surface area contributed by atoms with Gasteiger partial charge in [0, 0.05) is 50.4 Å². The van der Waals surface area contributed by atoms with Gasteiger partial charge in [-0.2, -0.15) is 0 Å². The van der Waals surface area contributed by atoms with Crippen molar-refractivity contribution in [1.82, 2.24) is 0 Å². The molecular formula is C28H37NO4. The number of nitrogens with zero attached hydrogens (tertiary/aromatic N) is 1. The van der Waals surface area contributed by atoms with Crippen LogP contribution < -0.4 is 4.90 Å². The van der Waals surface area contributed by atoms with Gasteiger partial charge >= 0.3 is 0 Å². The first-order chi connectivity index (χ1) is 15.7. The summed E-state index contributed by atoms with van der Waals surface area (Å²) in [5.74, 6) is 0.826. The molecule has 4 fully saturated rings. The van der Waals surface area contributed by atoms with Crippen LogP contribution in [-0.4, -0.2) is 49.6 Å². The molecule has 1 saturated heterocycles. The zero-order valence-corrected chi connectivity index (χ0v) is 20.2. The minimum absolute atomic E-state index is 0.191. The van der Waals surface area contributed by atoms with Crippen molar-refractivity contribution in [2.75, 3.05) is 32.2 Å². The molecule has 1 aliphatic heterocycles. The van der Waals surface area contributed by atoms with Crippen molar-refractivity contribution in [1.29, 1.82) is 0 Å². The summed E-state index contributed by atoms with van der Waals surface area (Å²) in [6.07, 6.45) is 6.45. The van der Waals surface area contributed by atoms with Crippen molar-refractivity contribution in [3.63, 3.8) is 0 Å². The Hall–Kier alpha value is -1.69. The first-order valence-corrected chi connectivity index (χ1v) is 12.8. The number of fused-ring (bicyclic) bond motifs is 4. The number of Topliss-reactive ketones (excluding diaryl/α,β-unsaturated/α-hetero) is 1. The molecule has 6 rings (SSSR count). The Morgan fingerprint density at radius 2 is 1.76 bits per heavy atom. The van der Waals surface area contributed by atoms with Gasteiger partial charge in [-0.25, -0.2) is 0 Å². The van der Waals surface area contributed by atoms with Gasteiger partial charge in [0.1, 0.15) is 5.78 Å². The van der Waals surface area contributed by atoms with Crippen LogP contribution in [0.1, 0.15) is 69.8 Å². The third-order valence-electron chi connectivity index (χ3n) is 9.75. The standard InChI is InChI=1S/C28H37NO4/c1-26-16-21(18-4-6-19(7-5-18)29(2)3)25-20(22(26)8-9-24(26)30)10-12-27(31)17-28(13-11-23(25)27)32-14-15-33-28/h4-7,20-22,31H,8-17H2,1-3H3/t20-,21+,22-,26-,27+/m0/s1. The summed E-state index contributed by atoms with van der Waals surface area (Å²) in [6, 6.07) is 8.86. The van der Waals surface area contributed by atoms with Gasteiger partial charge in [-0.3, -0.25) is 4.79 Å². The van der Waals surface area contributed by atoms with Crippen LogP contribution in [0.15, 0.2) is 35.4 Å². The van der Waals surface area contributed by atoms with E-state index >= 15 is 0 Å². The molecule has 5 nitrogen and oxygen atoms in total. The molecule has 1 N–H and O–H groups in total. The molecule has 3 saturated carbocycles. The van der Waals surface area contributed by atoms with Gasteiger partial charge in [-0.1, -0.05) is 24.6 Å². The van der Waals surface area contributed by atoms with Crippen molar-refractivity contribution < 1.29 is 19.4 Å². The minimum Gasteiger partial charge on any atom is -0.385 e. The molecule has 0 aromatic heterocycles. The number of rotatable bonds is 2. The van der Waals surface area contributed by atoms with Gasteiger partial charge in [0.2, 0.25) is 0 Å². The number of anilines is 1. The first kappa shape index (κ1) is 21.8. The molecule has 1 aromatic carbocycles. The van der Waals surface area contributed by atoms with Crippen molar-refractivity contribution in [2.45, 2.75) is 75.6 Å². The number of benzene rings is 1. The number of hydrogen-bond donors (Lipinski definition) is 1. The summed E-state index contributed by atoms with van der Waals surface area (Å²) in [4.78, 5) is 15.3. The van der Waals surface area contributed by atoms with Crippen molar-refractivity contribution in [3.05, 3.63) is 41.0 Å². The first-order valence-electron chi connectivity index (χ1n) is 12.8. The topological polar surface area (TPSA) is 59.0 Å². The minimum atomic E-state index is -0.855. The molecule has 4 aliphatic carbocycles. The van der Waals surface area contributed by atoms with E-state index in [0.717, 1.165) is 38.5 Å². The zero-order valence-electron chi connectivity index (χ0n) is 20.2. The summed E-state index contributed by atoms with van der Waals surface area (Å²) < 4.78 is 12.0. The number of hydrogen-bond acceptors (Lipinski definition) is 5. The maximum Gasteiger partial charge on any atom is 0.171 e. The molecule has 0 radical (unpaired) electrons. The largest absolute Gasteiger partial charge is 0.385 e. The summed E-state index contributed by atoms with van der Waals surface area (Å²) >= 11 is 0. The van der Waals surface area contributed by atoms with E-state index in [-0.39, 0.29) is 11.3 Å². The third kappa shape index (κ3) is 3.19. The van der Waals surface area contributed by atoms with E-state index in [9.17, 15) is 9.90 Å². The second-order valence-electron chi connectivity index (χ2n) is 11.6. The summed E-state index contributed by atoms with van der Waals surface area (Å²) in [5.41, 5.74) is 4.05. The molecule has 0 amide bonds. The molecule has 1 spiro atoms. The predicted octanol–water partition coefficient (Wildman–Crippen LogP) is 4.59. The van der Waals surface area contributed by atoms with E-state index in [1.807, 2.05) is 0 Å². The molecule has 0 bridgehead atoms. The Kier molecular flexibility index (Phi) is 4.89. The predicted molar refractivity (Wildman–Crippen MR) is 127 cm³/mol. The van der Waals surface area contributed by atoms with E-state index in [4.69, 9.17) is 9.47 Å². The molecule has 5 heteroatoms. The van der Waals surface area contributed by atoms with Crippen LogP contribution in [0.25, 0.3) is 0 Å². The molecule has 1 heterocycles. The van der Waals surface area contributed by atoms with Crippen molar-refractivity contribution in [2.24, 2.45) is 17.3 Å². The fourth-order valence-corrected chi connectivity index (χ4v) is 8.09. The van der Waals surface area contributed by atoms with Gasteiger partial charge in [-0.05, 0) is 67.2 Å². The Morgan fingerprint density at radius 1 is 1.03 bits per heavy atom. The van der Waals surface area contributed by atoms with Gasteiger partial charge in [-0.15, -0.1) is 0 Å². The van der Waals surface area contributed by atoms with Crippen LogP contribution in [0.2, 0.25) is 0 Å². The lowest BCUT2D eigenvalue weighted by Gasteiger charge is -2.55. The second kappa shape index (κ2) is 7.40. The van der Waals surface area contributed by atoms with E-state index in [0.29, 0.717) is 43.7 Å². The number of ether oxygens (including phenoxy) is 2. The van der Waals surface area contributed by atoms with Crippen LogP contribution in [0.5, 0.6) is 0 Å². The lowest BCUT2D eigenvalue weighted by Crippen LogP contribution is -2.53. The average Bonchev–Trinajstić information content (AvgIpc) is 3.36. The smallest absolute Gasteiger partial charge is 0.171 e. The molecule has 178 valence electrons. The Bertz CT molecular complexity index is 992. The Morgan fingerprint density at radius 3 is 2.45 bits per heavy atom. The van der Waals surface area contributed by atoms with Gasteiger partial charge in [0.05, 0.1) is 18.8 Å². The highest BCUT2D eigenvalue weighted by atomic mass is 16.7. The van der Waals surface area contributed by atoms with Crippen LogP contribution in [0.4, 0.5) is 5.69 Å². The van der Waals surface area contributed by atoms with E-state index < -0.39 is 11.4 Å². The van der Waals surface area contributed by atoms with Crippen molar-refractivity contribution >= 4 is 11.5 Å². The molecule has 33 heavy (non-hydrogen) atoms. The quantitative estimate of drug-likeness (QED) is 0.667. The zero-order chi connectivity index (χ0) is 23.0. The maximum atomic E-state index is 13.1. The SMILES string of the molecule is CN(C)c1ccc([C@H]2C[C@]3(C)C(=O)CC[C@H]3[C@@H]3CC[C@@]4(O)CC5(CCC4=C32)OCCO5)cc1. The number of aliphatic hydroxyl groups is 1. The molecule has 1 aromatic rings. The van der Waals surface area contributed by atoms with E-state index in [1.54, 1.807) is 0 Å². The summed E-state index contributed by atoms with van der Waals surface area (Å²) in [6.45, 7) is 3.47. The Balaban J connectivity index is 1.46. The third-order valence-corrected chi connectivity index (χ3v) is 9.75. The molecule has 0 unspecified atom stereocenters. The highest BCUT2D eigenvalue weighted by Crippen LogP contribution is 2.64. The fourth-order valence-electron chi connectivity index (χ4n) is 8.09. The maximum absolute atomic E-state index is 13.1. The lowest BCUT2D eigenvalue weighted by atomic mass is 9.51. The van der Waals surface area contributed by atoms with E-state index in [2.05, 4.69) is 50.2 Å². The monoisotopic (exact) mass is 451 g/mol. The number of allylic oxidation sites excluding steroid dienone is 1. The lowest BCUT2D eigenvalue weighted by molar-refractivity contribution is -0.208. The van der Waals surface area contributed by atoms with E-state index in [1.165, 1.54) is 22.4 Å². The summed E-state index contributed by atoms with van der Waals surface area (Å²) in [7, 11) is 4.12. The molecular weight excluding hydrogens is 414 g/mol. The van der Waals surface area contributed by atoms with Gasteiger partial charge in [0.25, 0.3) is 0 Å². The number of ketones is 1. The molecule has 5 atom stereocenters. The van der Waals surface area contributed by atoms with Crippen LogP contribution >= 0.6 is 0 Å². The molecule has 5 aliphatic rings.